The van der Waals surface area contributed by atoms with Crippen molar-refractivity contribution < 1.29 is 13.2 Å². The van der Waals surface area contributed by atoms with Gasteiger partial charge in [0.2, 0.25) is 10.0 Å². The van der Waals surface area contributed by atoms with E-state index in [1.54, 1.807) is 11.8 Å². The molecule has 0 aliphatic heterocycles. The van der Waals surface area contributed by atoms with Crippen LogP contribution in [0.1, 0.15) is 15.9 Å². The molecule has 0 fully saturated rings. The Morgan fingerprint density at radius 3 is 2.44 bits per heavy atom. The van der Waals surface area contributed by atoms with Gasteiger partial charge in [-0.2, -0.15) is 5.10 Å². The lowest BCUT2D eigenvalue weighted by Gasteiger charge is -2.11. The summed E-state index contributed by atoms with van der Waals surface area (Å²) in [5.41, 5.74) is 3.47. The van der Waals surface area contributed by atoms with Gasteiger partial charge in [-0.1, -0.05) is 18.2 Å². The lowest BCUT2D eigenvalue weighted by atomic mass is 10.2. The van der Waals surface area contributed by atoms with E-state index in [0.717, 1.165) is 14.8 Å². The molecule has 0 spiro atoms. The first-order valence-electron chi connectivity index (χ1n) is 7.34. The molecule has 0 aromatic heterocycles. The van der Waals surface area contributed by atoms with Gasteiger partial charge in [-0.15, -0.1) is 11.8 Å². The molecule has 2 aromatic rings. The summed E-state index contributed by atoms with van der Waals surface area (Å²) in [6, 6.07) is 13.5. The zero-order chi connectivity index (χ0) is 18.4. The molecule has 1 N–H and O–H groups in total. The average Bonchev–Trinajstić information content (AvgIpc) is 2.62. The quantitative estimate of drug-likeness (QED) is 0.476. The second kappa shape index (κ2) is 8.28. The number of carbonyl (C=O) groups excluding carboxylic acids is 1. The van der Waals surface area contributed by atoms with E-state index in [2.05, 4.69) is 10.5 Å². The van der Waals surface area contributed by atoms with Gasteiger partial charge in [-0.3, -0.25) is 4.79 Å². The highest BCUT2D eigenvalue weighted by Gasteiger charge is 2.18. The fourth-order valence-corrected chi connectivity index (χ4v) is 3.28. The topological polar surface area (TPSA) is 78.8 Å². The Labute approximate surface area is 152 Å². The summed E-state index contributed by atoms with van der Waals surface area (Å²) in [5.74, 6) is -0.479. The number of hydrogen-bond donors (Lipinski definition) is 1. The molecule has 0 aliphatic rings. The molecule has 0 saturated carbocycles. The number of hydrogen-bond acceptors (Lipinski definition) is 5. The Hall–Kier alpha value is -2.16. The molecule has 0 aliphatic carbocycles. The first-order valence-corrected chi connectivity index (χ1v) is 10.0. The summed E-state index contributed by atoms with van der Waals surface area (Å²) in [7, 11) is -0.712. The smallest absolute Gasteiger partial charge is 0.267 e. The van der Waals surface area contributed by atoms with Crippen molar-refractivity contribution in [2.24, 2.45) is 5.10 Å². The average molecular weight is 377 g/mol. The number of rotatable bonds is 6. The number of hydrazone groups is 1. The van der Waals surface area contributed by atoms with Crippen molar-refractivity contribution >= 4 is 33.9 Å². The SMILES string of the molecule is CSc1ccc(/C=N\NC(=O)c2cccc(S(=O)(=O)N(C)C)c2)cc1. The maximum absolute atomic E-state index is 12.1. The molecular formula is C17H19N3O3S2. The maximum atomic E-state index is 12.1. The molecule has 0 unspecified atom stereocenters. The molecule has 0 saturated heterocycles. The van der Waals surface area contributed by atoms with E-state index in [1.165, 1.54) is 44.6 Å². The van der Waals surface area contributed by atoms with Crippen LogP contribution in [0.15, 0.2) is 63.4 Å². The van der Waals surface area contributed by atoms with Gasteiger partial charge in [-0.25, -0.2) is 18.1 Å². The number of sulfonamides is 1. The fraction of sp³-hybridized carbons (Fsp3) is 0.176. The van der Waals surface area contributed by atoms with Crippen molar-refractivity contribution in [1.82, 2.24) is 9.73 Å². The van der Waals surface area contributed by atoms with Gasteiger partial charge in [0.05, 0.1) is 11.1 Å². The summed E-state index contributed by atoms with van der Waals surface area (Å²) in [6.07, 6.45) is 3.52. The van der Waals surface area contributed by atoms with Crippen molar-refractivity contribution in [1.29, 1.82) is 0 Å². The van der Waals surface area contributed by atoms with Gasteiger partial charge in [0, 0.05) is 24.6 Å². The molecule has 8 heteroatoms. The normalized spacial score (nSPS) is 11.8. The highest BCUT2D eigenvalue weighted by molar-refractivity contribution is 7.98. The third-order valence-corrected chi connectivity index (χ3v) is 5.92. The van der Waals surface area contributed by atoms with Crippen LogP contribution >= 0.6 is 11.8 Å². The van der Waals surface area contributed by atoms with Crippen LogP contribution in [0.2, 0.25) is 0 Å². The molecule has 0 atom stereocenters. The molecule has 0 bridgehead atoms. The third-order valence-electron chi connectivity index (χ3n) is 3.37. The number of thioether (sulfide) groups is 1. The Morgan fingerprint density at radius 2 is 1.84 bits per heavy atom. The predicted octanol–water partition coefficient (Wildman–Crippen LogP) is 2.42. The summed E-state index contributed by atoms with van der Waals surface area (Å²) in [6.45, 7) is 0. The maximum Gasteiger partial charge on any atom is 0.271 e. The van der Waals surface area contributed by atoms with Crippen LogP contribution in [-0.2, 0) is 10.0 Å². The number of amides is 1. The molecule has 6 nitrogen and oxygen atoms in total. The first-order chi connectivity index (χ1) is 11.8. The number of nitrogens with zero attached hydrogens (tertiary/aromatic N) is 2. The van der Waals surface area contributed by atoms with Gasteiger partial charge in [0.25, 0.3) is 5.91 Å². The molecule has 0 heterocycles. The monoisotopic (exact) mass is 377 g/mol. The molecule has 0 radical (unpaired) electrons. The molecular weight excluding hydrogens is 358 g/mol. The van der Waals surface area contributed by atoms with Gasteiger partial charge < -0.3 is 0 Å². The van der Waals surface area contributed by atoms with Crippen molar-refractivity contribution in [2.45, 2.75) is 9.79 Å². The van der Waals surface area contributed by atoms with Crippen molar-refractivity contribution in [3.63, 3.8) is 0 Å². The van der Waals surface area contributed by atoms with E-state index in [9.17, 15) is 13.2 Å². The van der Waals surface area contributed by atoms with Crippen LogP contribution < -0.4 is 5.43 Å². The highest BCUT2D eigenvalue weighted by atomic mass is 32.2. The van der Waals surface area contributed by atoms with Crippen LogP contribution in [0.3, 0.4) is 0 Å². The standard InChI is InChI=1S/C17H19N3O3S2/c1-20(2)25(22,23)16-6-4-5-14(11-16)17(21)19-18-12-13-7-9-15(24-3)10-8-13/h4-12H,1-3H3,(H,19,21)/b18-12-. The van der Waals surface area contributed by atoms with Crippen LogP contribution in [0, 0.1) is 0 Å². The van der Waals surface area contributed by atoms with E-state index in [-0.39, 0.29) is 10.5 Å². The third kappa shape index (κ3) is 4.91. The summed E-state index contributed by atoms with van der Waals surface area (Å²) >= 11 is 1.64. The van der Waals surface area contributed by atoms with E-state index in [0.29, 0.717) is 0 Å². The van der Waals surface area contributed by atoms with Crippen molar-refractivity contribution in [3.8, 4) is 0 Å². The van der Waals surface area contributed by atoms with E-state index in [1.807, 2.05) is 30.5 Å². The second-order valence-electron chi connectivity index (χ2n) is 5.29. The Morgan fingerprint density at radius 1 is 1.16 bits per heavy atom. The van der Waals surface area contributed by atoms with Crippen molar-refractivity contribution in [3.05, 3.63) is 59.7 Å². The number of benzene rings is 2. The van der Waals surface area contributed by atoms with Gasteiger partial charge in [0.15, 0.2) is 0 Å². The number of carbonyl (C=O) groups is 1. The van der Waals surface area contributed by atoms with Crippen molar-refractivity contribution in [2.75, 3.05) is 20.4 Å². The molecule has 132 valence electrons. The molecule has 1 amide bonds. The predicted molar refractivity (Wildman–Crippen MR) is 101 cm³/mol. The van der Waals surface area contributed by atoms with E-state index < -0.39 is 15.9 Å². The minimum Gasteiger partial charge on any atom is -0.267 e. The molecule has 2 aromatic carbocycles. The van der Waals surface area contributed by atoms with Crippen LogP contribution in [0.5, 0.6) is 0 Å². The zero-order valence-corrected chi connectivity index (χ0v) is 15.8. The van der Waals surface area contributed by atoms with E-state index >= 15 is 0 Å². The molecule has 25 heavy (non-hydrogen) atoms. The van der Waals surface area contributed by atoms with Crippen LogP contribution in [0.4, 0.5) is 0 Å². The summed E-state index contributed by atoms with van der Waals surface area (Å²) in [5, 5.41) is 3.91. The minimum atomic E-state index is -3.59. The summed E-state index contributed by atoms with van der Waals surface area (Å²) < 4.78 is 25.3. The van der Waals surface area contributed by atoms with Gasteiger partial charge >= 0.3 is 0 Å². The second-order valence-corrected chi connectivity index (χ2v) is 8.32. The van der Waals surface area contributed by atoms with Gasteiger partial charge in [-0.05, 0) is 42.2 Å². The fourth-order valence-electron chi connectivity index (χ4n) is 1.93. The van der Waals surface area contributed by atoms with Crippen LogP contribution in [0.25, 0.3) is 0 Å². The largest absolute Gasteiger partial charge is 0.271 e. The Bertz CT molecular complexity index is 876. The minimum absolute atomic E-state index is 0.0572. The van der Waals surface area contributed by atoms with Gasteiger partial charge in [0.1, 0.15) is 0 Å². The Kier molecular flexibility index (Phi) is 6.35. The lowest BCUT2D eigenvalue weighted by Crippen LogP contribution is -2.23. The molecule has 2 rings (SSSR count). The highest BCUT2D eigenvalue weighted by Crippen LogP contribution is 2.15. The zero-order valence-electron chi connectivity index (χ0n) is 14.1. The van der Waals surface area contributed by atoms with E-state index in [4.69, 9.17) is 0 Å². The van der Waals surface area contributed by atoms with Crippen LogP contribution in [-0.4, -0.2) is 45.2 Å². The Balaban J connectivity index is 2.09. The first kappa shape index (κ1) is 19.2. The number of nitrogens with one attached hydrogen (secondary N) is 1. The summed E-state index contributed by atoms with van der Waals surface area (Å²) in [4.78, 5) is 13.3. The lowest BCUT2D eigenvalue weighted by molar-refractivity contribution is 0.0955.